The molecule has 0 aliphatic carbocycles. The van der Waals surface area contributed by atoms with E-state index in [1.165, 1.54) is 19.3 Å². The fraction of sp³-hybridized carbons (Fsp3) is 0.0741. The Balaban J connectivity index is 1.56. The number of para-hydroxylation sites is 1. The Morgan fingerprint density at radius 2 is 1.66 bits per heavy atom. The number of ether oxygens (including phenoxy) is 1. The maximum atomic E-state index is 14.3. The highest BCUT2D eigenvalue weighted by atomic mass is 19.1. The van der Waals surface area contributed by atoms with Crippen molar-refractivity contribution in [3.63, 3.8) is 0 Å². The third-order valence-corrected chi connectivity index (χ3v) is 5.85. The molecule has 1 aliphatic rings. The highest BCUT2D eigenvalue weighted by Crippen LogP contribution is 2.28. The lowest BCUT2D eigenvalue weighted by molar-refractivity contribution is -0.122. The van der Waals surface area contributed by atoms with E-state index in [0.717, 1.165) is 15.8 Å². The van der Waals surface area contributed by atoms with Crippen LogP contribution in [0.25, 0.3) is 17.0 Å². The summed E-state index contributed by atoms with van der Waals surface area (Å²) in [5.74, 6) is -1.28. The summed E-state index contributed by atoms with van der Waals surface area (Å²) in [6, 6.07) is 19.5. The lowest BCUT2D eigenvalue weighted by Crippen LogP contribution is -2.54. The molecule has 3 aromatic carbocycles. The fourth-order valence-corrected chi connectivity index (χ4v) is 4.11. The summed E-state index contributed by atoms with van der Waals surface area (Å²) in [5, 5.41) is 3.01. The Labute approximate surface area is 200 Å². The number of methoxy groups -OCH3 is 1. The van der Waals surface area contributed by atoms with E-state index in [0.29, 0.717) is 22.6 Å². The zero-order chi connectivity index (χ0) is 24.5. The van der Waals surface area contributed by atoms with Crippen molar-refractivity contribution in [1.29, 1.82) is 0 Å². The molecule has 1 N–H and O–H groups in total. The van der Waals surface area contributed by atoms with Gasteiger partial charge < -0.3 is 9.30 Å². The number of halogens is 1. The highest BCUT2D eigenvalue weighted by molar-refractivity contribution is 6.39. The largest absolute Gasteiger partial charge is 0.497 e. The number of hydrogen-bond acceptors (Lipinski definition) is 4. The van der Waals surface area contributed by atoms with E-state index in [9.17, 15) is 18.8 Å². The molecule has 1 aromatic heterocycles. The first-order valence-electron chi connectivity index (χ1n) is 10.8. The molecule has 0 bridgehead atoms. The first-order chi connectivity index (χ1) is 17.0. The Hall–Kier alpha value is -4.72. The number of anilines is 1. The van der Waals surface area contributed by atoms with Gasteiger partial charge in [-0.05, 0) is 42.5 Å². The van der Waals surface area contributed by atoms with Crippen LogP contribution in [0.2, 0.25) is 0 Å². The van der Waals surface area contributed by atoms with E-state index in [-0.39, 0.29) is 17.9 Å². The Bertz CT molecular complexity index is 1500. The number of carbonyl (C=O) groups is 3. The van der Waals surface area contributed by atoms with Gasteiger partial charge in [0.15, 0.2) is 0 Å². The van der Waals surface area contributed by atoms with Crippen LogP contribution in [0.15, 0.2) is 84.6 Å². The van der Waals surface area contributed by atoms with Crippen molar-refractivity contribution in [3.8, 4) is 5.75 Å². The number of nitrogens with zero attached hydrogens (tertiary/aromatic N) is 2. The zero-order valence-electron chi connectivity index (χ0n) is 18.7. The van der Waals surface area contributed by atoms with Gasteiger partial charge in [-0.15, -0.1) is 0 Å². The predicted molar refractivity (Wildman–Crippen MR) is 129 cm³/mol. The third kappa shape index (κ3) is 4.06. The average Bonchev–Trinajstić information content (AvgIpc) is 3.20. The summed E-state index contributed by atoms with van der Waals surface area (Å²) in [5.41, 5.74) is 2.03. The van der Waals surface area contributed by atoms with Crippen molar-refractivity contribution in [2.24, 2.45) is 0 Å². The number of carbonyl (C=O) groups excluding carboxylic acids is 3. The van der Waals surface area contributed by atoms with Crippen molar-refractivity contribution < 1.29 is 23.5 Å². The molecule has 0 atom stereocenters. The minimum atomic E-state index is -0.829. The molecule has 1 aliphatic heterocycles. The second-order valence-electron chi connectivity index (χ2n) is 7.98. The summed E-state index contributed by atoms with van der Waals surface area (Å²) in [7, 11) is 1.51. The summed E-state index contributed by atoms with van der Waals surface area (Å²) in [6.07, 6.45) is 3.22. The van der Waals surface area contributed by atoms with Crippen LogP contribution in [0.3, 0.4) is 0 Å². The van der Waals surface area contributed by atoms with E-state index in [2.05, 4.69) is 5.32 Å². The van der Waals surface area contributed by atoms with Crippen molar-refractivity contribution in [3.05, 3.63) is 102 Å². The summed E-state index contributed by atoms with van der Waals surface area (Å²) < 4.78 is 21.3. The number of amides is 4. The first-order valence-corrected chi connectivity index (χ1v) is 10.8. The Morgan fingerprint density at radius 1 is 0.943 bits per heavy atom. The summed E-state index contributed by atoms with van der Waals surface area (Å²) in [6.45, 7) is 0.271. The van der Waals surface area contributed by atoms with Gasteiger partial charge >= 0.3 is 6.03 Å². The molecule has 0 spiro atoms. The molecule has 4 amide bonds. The van der Waals surface area contributed by atoms with Gasteiger partial charge in [0.05, 0.1) is 19.3 Å². The minimum absolute atomic E-state index is 0.186. The molecular weight excluding hydrogens is 449 g/mol. The van der Waals surface area contributed by atoms with Gasteiger partial charge in [-0.1, -0.05) is 36.4 Å². The van der Waals surface area contributed by atoms with E-state index in [1.54, 1.807) is 48.7 Å². The van der Waals surface area contributed by atoms with Gasteiger partial charge in [-0.3, -0.25) is 14.9 Å². The maximum Gasteiger partial charge on any atom is 0.335 e. The quantitative estimate of drug-likeness (QED) is 0.345. The van der Waals surface area contributed by atoms with Crippen LogP contribution in [0.5, 0.6) is 5.75 Å². The van der Waals surface area contributed by atoms with E-state index < -0.39 is 17.8 Å². The predicted octanol–water partition coefficient (Wildman–Crippen LogP) is 4.50. The van der Waals surface area contributed by atoms with Gasteiger partial charge in [-0.2, -0.15) is 0 Å². The Kier molecular flexibility index (Phi) is 5.62. The Morgan fingerprint density at radius 3 is 2.40 bits per heavy atom. The minimum Gasteiger partial charge on any atom is -0.497 e. The van der Waals surface area contributed by atoms with Gasteiger partial charge in [0, 0.05) is 28.2 Å². The molecule has 1 fully saturated rings. The number of rotatable bonds is 5. The van der Waals surface area contributed by atoms with Gasteiger partial charge in [-0.25, -0.2) is 14.1 Å². The zero-order valence-corrected chi connectivity index (χ0v) is 18.7. The van der Waals surface area contributed by atoms with Crippen molar-refractivity contribution in [2.75, 3.05) is 12.0 Å². The van der Waals surface area contributed by atoms with Crippen molar-refractivity contribution in [1.82, 2.24) is 9.88 Å². The van der Waals surface area contributed by atoms with Gasteiger partial charge in [0.2, 0.25) is 0 Å². The van der Waals surface area contributed by atoms with E-state index >= 15 is 0 Å². The maximum absolute atomic E-state index is 14.3. The summed E-state index contributed by atoms with van der Waals surface area (Å²) in [4.78, 5) is 39.3. The molecule has 4 aromatic rings. The molecule has 0 saturated carbocycles. The molecule has 2 heterocycles. The van der Waals surface area contributed by atoms with Crippen LogP contribution in [-0.4, -0.2) is 29.5 Å². The van der Waals surface area contributed by atoms with Crippen LogP contribution in [-0.2, 0) is 16.1 Å². The number of nitrogens with one attached hydrogen (secondary N) is 1. The molecule has 174 valence electrons. The van der Waals surface area contributed by atoms with E-state index in [1.807, 2.05) is 28.8 Å². The van der Waals surface area contributed by atoms with Crippen LogP contribution in [0.1, 0.15) is 11.1 Å². The number of fused-ring (bicyclic) bond motifs is 1. The second kappa shape index (κ2) is 8.90. The number of barbiturate groups is 1. The molecule has 7 nitrogen and oxygen atoms in total. The van der Waals surface area contributed by atoms with Crippen LogP contribution in [0, 0.1) is 5.82 Å². The normalized spacial score (nSPS) is 15.1. The van der Waals surface area contributed by atoms with E-state index in [4.69, 9.17) is 4.74 Å². The number of hydrogen-bond donors (Lipinski definition) is 1. The molecular formula is C27H20FN3O4. The van der Waals surface area contributed by atoms with Crippen LogP contribution < -0.4 is 15.0 Å². The second-order valence-corrected chi connectivity index (χ2v) is 7.98. The van der Waals surface area contributed by atoms with Gasteiger partial charge in [0.1, 0.15) is 17.1 Å². The third-order valence-electron chi connectivity index (χ3n) is 5.85. The lowest BCUT2D eigenvalue weighted by atomic mass is 10.1. The van der Waals surface area contributed by atoms with Crippen molar-refractivity contribution >= 4 is 40.5 Å². The monoisotopic (exact) mass is 469 g/mol. The highest BCUT2D eigenvalue weighted by Gasteiger charge is 2.37. The number of aromatic nitrogens is 1. The molecule has 5 rings (SSSR count). The molecule has 1 saturated heterocycles. The van der Waals surface area contributed by atoms with Gasteiger partial charge in [0.25, 0.3) is 11.8 Å². The van der Waals surface area contributed by atoms with Crippen LogP contribution >= 0.6 is 0 Å². The SMILES string of the molecule is COc1ccc(N2C(=O)NC(=O)/C(=C/c3cn(Cc4ccccc4F)c4ccccc34)C2=O)cc1. The topological polar surface area (TPSA) is 80.6 Å². The molecule has 0 radical (unpaired) electrons. The first kappa shape index (κ1) is 22.1. The van der Waals surface area contributed by atoms with Crippen LogP contribution in [0.4, 0.5) is 14.9 Å². The smallest absolute Gasteiger partial charge is 0.335 e. The molecule has 0 unspecified atom stereocenters. The lowest BCUT2D eigenvalue weighted by Gasteiger charge is -2.26. The standard InChI is InChI=1S/C27H20FN3O4/c1-35-20-12-10-19(11-13-20)31-26(33)22(25(32)29-27(31)34)14-18-16-30(24-9-5-3-7-21(18)24)15-17-6-2-4-8-23(17)28/h2-14,16H,15H2,1H3,(H,29,32,34)/b22-14-. The molecule has 35 heavy (non-hydrogen) atoms. The number of imide groups is 2. The van der Waals surface area contributed by atoms with Crippen molar-refractivity contribution in [2.45, 2.75) is 6.54 Å². The molecule has 8 heteroatoms. The number of urea groups is 1. The average molecular weight is 469 g/mol. The fourth-order valence-electron chi connectivity index (χ4n) is 4.11. The summed E-state index contributed by atoms with van der Waals surface area (Å²) >= 11 is 0. The number of benzene rings is 3.